The topological polar surface area (TPSA) is 60.2 Å². The van der Waals surface area contributed by atoms with Crippen LogP contribution in [-0.4, -0.2) is 32.6 Å². The number of aromatic nitrogens is 3. The van der Waals surface area contributed by atoms with Gasteiger partial charge in [-0.15, -0.1) is 0 Å². The molecule has 0 aliphatic carbocycles. The first-order chi connectivity index (χ1) is 15.2. The normalized spacial score (nSPS) is 11.2. The van der Waals surface area contributed by atoms with Crippen molar-refractivity contribution < 1.29 is 4.74 Å². The zero-order valence-electron chi connectivity index (χ0n) is 17.6. The van der Waals surface area contributed by atoms with E-state index < -0.39 is 0 Å². The molecule has 158 valence electrons. The molecule has 4 rings (SSSR count). The lowest BCUT2D eigenvalue weighted by Crippen LogP contribution is -2.25. The highest BCUT2D eigenvalue weighted by molar-refractivity contribution is 5.80. The smallest absolute Gasteiger partial charge is 0.250 e. The Kier molecular flexibility index (Phi) is 6.69. The van der Waals surface area contributed by atoms with Gasteiger partial charge in [0.15, 0.2) is 0 Å². The number of hydrogen-bond acceptors (Lipinski definition) is 5. The molecule has 0 aliphatic rings. The minimum Gasteiger partial charge on any atom is -0.494 e. The van der Waals surface area contributed by atoms with E-state index in [1.54, 1.807) is 30.1 Å². The van der Waals surface area contributed by atoms with Gasteiger partial charge < -0.3 is 9.30 Å². The number of fused-ring (bicyclic) bond motifs is 1. The van der Waals surface area contributed by atoms with Crippen molar-refractivity contribution >= 4 is 10.9 Å². The molecule has 0 fully saturated rings. The summed E-state index contributed by atoms with van der Waals surface area (Å²) in [4.78, 5) is 22.6. The molecular formula is C25H26N4O2. The minimum atomic E-state index is -0.0107. The molecule has 6 nitrogen and oxygen atoms in total. The van der Waals surface area contributed by atoms with Crippen LogP contribution in [0.3, 0.4) is 0 Å². The molecule has 0 atom stereocenters. The highest BCUT2D eigenvalue weighted by atomic mass is 16.5. The summed E-state index contributed by atoms with van der Waals surface area (Å²) in [6.45, 7) is 3.17. The summed E-state index contributed by atoms with van der Waals surface area (Å²) in [5.74, 6) is 0.817. The summed E-state index contributed by atoms with van der Waals surface area (Å²) < 4.78 is 7.64. The molecule has 0 saturated carbocycles. The maximum Gasteiger partial charge on any atom is 0.250 e. The number of pyridine rings is 3. The average Bonchev–Trinajstić information content (AvgIpc) is 2.80. The third kappa shape index (κ3) is 5.55. The summed E-state index contributed by atoms with van der Waals surface area (Å²) in [7, 11) is 1.78. The highest BCUT2D eigenvalue weighted by Crippen LogP contribution is 2.19. The van der Waals surface area contributed by atoms with Gasteiger partial charge in [0.25, 0.3) is 5.56 Å². The molecule has 0 radical (unpaired) electrons. The van der Waals surface area contributed by atoms with Crippen LogP contribution < -0.4 is 10.3 Å². The van der Waals surface area contributed by atoms with Crippen molar-refractivity contribution in [3.8, 4) is 5.75 Å². The maximum absolute atomic E-state index is 11.8. The van der Waals surface area contributed by atoms with Crippen LogP contribution in [-0.2, 0) is 20.1 Å². The van der Waals surface area contributed by atoms with Crippen LogP contribution in [0.2, 0.25) is 0 Å². The number of nitrogens with zero attached hydrogens (tertiary/aromatic N) is 4. The molecule has 0 bridgehead atoms. The molecule has 0 spiro atoms. The second kappa shape index (κ2) is 10.00. The number of ether oxygens (including phenoxy) is 1. The number of aryl methyl sites for hydroxylation is 1. The van der Waals surface area contributed by atoms with Crippen LogP contribution in [0, 0.1) is 0 Å². The predicted molar refractivity (Wildman–Crippen MR) is 122 cm³/mol. The van der Waals surface area contributed by atoms with E-state index in [1.807, 2.05) is 48.8 Å². The van der Waals surface area contributed by atoms with Crippen LogP contribution in [0.15, 0.2) is 84.2 Å². The van der Waals surface area contributed by atoms with Crippen molar-refractivity contribution in [2.24, 2.45) is 7.05 Å². The first kappa shape index (κ1) is 20.8. The zero-order valence-corrected chi connectivity index (χ0v) is 17.6. The van der Waals surface area contributed by atoms with Crippen molar-refractivity contribution in [2.45, 2.75) is 19.5 Å². The van der Waals surface area contributed by atoms with Crippen molar-refractivity contribution in [1.29, 1.82) is 0 Å². The molecule has 0 unspecified atom stereocenters. The van der Waals surface area contributed by atoms with Crippen molar-refractivity contribution in [3.05, 3.63) is 101 Å². The Bertz CT molecular complexity index is 1130. The van der Waals surface area contributed by atoms with Gasteiger partial charge in [-0.05, 0) is 53.9 Å². The number of benzene rings is 1. The van der Waals surface area contributed by atoms with Crippen LogP contribution >= 0.6 is 0 Å². The fourth-order valence-electron chi connectivity index (χ4n) is 3.64. The molecule has 0 amide bonds. The lowest BCUT2D eigenvalue weighted by molar-refractivity contribution is 0.221. The summed E-state index contributed by atoms with van der Waals surface area (Å²) in [6.07, 6.45) is 8.31. The highest BCUT2D eigenvalue weighted by Gasteiger charge is 2.08. The lowest BCUT2D eigenvalue weighted by atomic mass is 10.2. The molecular weight excluding hydrogens is 388 g/mol. The molecule has 1 aromatic carbocycles. The Morgan fingerprint density at radius 1 is 0.935 bits per heavy atom. The first-order valence-electron chi connectivity index (χ1n) is 10.4. The zero-order chi connectivity index (χ0) is 21.5. The molecule has 0 saturated heterocycles. The van der Waals surface area contributed by atoms with Gasteiger partial charge >= 0.3 is 0 Å². The van der Waals surface area contributed by atoms with E-state index in [9.17, 15) is 4.79 Å². The predicted octanol–water partition coefficient (Wildman–Crippen LogP) is 3.80. The van der Waals surface area contributed by atoms with Crippen LogP contribution in [0.5, 0.6) is 5.75 Å². The molecule has 0 N–H and O–H groups in total. The maximum atomic E-state index is 11.8. The molecule has 3 heterocycles. The van der Waals surface area contributed by atoms with Gasteiger partial charge in [0.05, 0.1) is 12.1 Å². The van der Waals surface area contributed by atoms with Gasteiger partial charge in [-0.1, -0.05) is 12.1 Å². The largest absolute Gasteiger partial charge is 0.494 e. The van der Waals surface area contributed by atoms with Crippen molar-refractivity contribution in [1.82, 2.24) is 19.4 Å². The number of rotatable bonds is 9. The molecule has 4 aromatic rings. The summed E-state index contributed by atoms with van der Waals surface area (Å²) >= 11 is 0. The Balaban J connectivity index is 1.36. The van der Waals surface area contributed by atoms with E-state index in [0.717, 1.165) is 42.7 Å². The van der Waals surface area contributed by atoms with E-state index in [1.165, 1.54) is 11.1 Å². The SMILES string of the molecule is Cn1c(=O)ccc2cc(OCCCN(Cc3cccnc3)Cc3cccnc3)ccc21. The van der Waals surface area contributed by atoms with Gasteiger partial charge in [0.1, 0.15) is 5.75 Å². The van der Waals surface area contributed by atoms with Crippen LogP contribution in [0.4, 0.5) is 0 Å². The fourth-order valence-corrected chi connectivity index (χ4v) is 3.64. The van der Waals surface area contributed by atoms with Gasteiger partial charge in [0, 0.05) is 62.9 Å². The third-order valence-corrected chi connectivity index (χ3v) is 5.24. The van der Waals surface area contributed by atoms with Crippen LogP contribution in [0.25, 0.3) is 10.9 Å². The van der Waals surface area contributed by atoms with Gasteiger partial charge in [-0.3, -0.25) is 19.7 Å². The molecule has 6 heteroatoms. The Morgan fingerprint density at radius 3 is 2.29 bits per heavy atom. The van der Waals surface area contributed by atoms with E-state index in [2.05, 4.69) is 27.0 Å². The van der Waals surface area contributed by atoms with Gasteiger partial charge in [-0.2, -0.15) is 0 Å². The van der Waals surface area contributed by atoms with Gasteiger partial charge in [0.2, 0.25) is 0 Å². The lowest BCUT2D eigenvalue weighted by Gasteiger charge is -2.22. The summed E-state index contributed by atoms with van der Waals surface area (Å²) in [5.41, 5.74) is 3.27. The standard InChI is InChI=1S/C25H26N4O2/c1-28-24-9-8-23(15-22(24)7-10-25(28)30)31-14-4-13-29(18-20-5-2-11-26-16-20)19-21-6-3-12-27-17-21/h2-3,5-12,15-17H,4,13-14,18-19H2,1H3. The Hall–Kier alpha value is -3.51. The molecule has 0 aliphatic heterocycles. The minimum absolute atomic E-state index is 0.0107. The van der Waals surface area contributed by atoms with E-state index in [-0.39, 0.29) is 5.56 Å². The average molecular weight is 415 g/mol. The van der Waals surface area contributed by atoms with E-state index in [0.29, 0.717) is 6.61 Å². The van der Waals surface area contributed by atoms with Gasteiger partial charge in [-0.25, -0.2) is 0 Å². The number of hydrogen-bond donors (Lipinski definition) is 0. The molecule has 3 aromatic heterocycles. The van der Waals surface area contributed by atoms with Crippen molar-refractivity contribution in [3.63, 3.8) is 0 Å². The summed E-state index contributed by atoms with van der Waals surface area (Å²) in [5, 5.41) is 0.995. The molecule has 31 heavy (non-hydrogen) atoms. The third-order valence-electron chi connectivity index (χ3n) is 5.24. The van der Waals surface area contributed by atoms with Crippen LogP contribution in [0.1, 0.15) is 17.5 Å². The Labute approximate surface area is 181 Å². The quantitative estimate of drug-likeness (QED) is 0.390. The van der Waals surface area contributed by atoms with E-state index >= 15 is 0 Å². The Morgan fingerprint density at radius 2 is 1.65 bits per heavy atom. The van der Waals surface area contributed by atoms with E-state index in [4.69, 9.17) is 4.74 Å². The second-order valence-electron chi connectivity index (χ2n) is 7.59. The first-order valence-corrected chi connectivity index (χ1v) is 10.4. The van der Waals surface area contributed by atoms with Crippen molar-refractivity contribution in [2.75, 3.05) is 13.2 Å². The monoisotopic (exact) mass is 414 g/mol. The fraction of sp³-hybridized carbons (Fsp3) is 0.240. The summed E-state index contributed by atoms with van der Waals surface area (Å²) in [6, 6.07) is 17.4. The second-order valence-corrected chi connectivity index (χ2v) is 7.59.